The Morgan fingerprint density at radius 3 is 2.65 bits per heavy atom. The Hall–Kier alpha value is -1.60. The van der Waals surface area contributed by atoms with Crippen LogP contribution >= 0.6 is 15.9 Å². The van der Waals surface area contributed by atoms with Gasteiger partial charge in [-0.3, -0.25) is 4.72 Å². The van der Waals surface area contributed by atoms with Crippen LogP contribution in [0.5, 0.6) is 0 Å². The number of hydrogen-bond acceptors (Lipinski definition) is 4. The van der Waals surface area contributed by atoms with Crippen molar-refractivity contribution in [3.8, 4) is 0 Å². The van der Waals surface area contributed by atoms with E-state index in [4.69, 9.17) is 0 Å². The molecule has 0 fully saturated rings. The fourth-order valence-corrected chi connectivity index (χ4v) is 3.23. The number of aryl methyl sites for hydroxylation is 1. The molecule has 0 saturated carbocycles. The molecule has 1 heterocycles. The average Bonchev–Trinajstić information content (AvgIpc) is 2.42. The Balaban J connectivity index is 2.38. The zero-order chi connectivity index (χ0) is 14.8. The molecule has 106 valence electrons. The third-order valence-electron chi connectivity index (χ3n) is 2.72. The highest BCUT2D eigenvalue weighted by Crippen LogP contribution is 2.24. The molecule has 0 unspecified atom stereocenters. The van der Waals surface area contributed by atoms with Gasteiger partial charge in [-0.2, -0.15) is 8.42 Å². The Kier molecular flexibility index (Phi) is 4.29. The molecule has 0 radical (unpaired) electrons. The molecule has 2 aromatic rings. The van der Waals surface area contributed by atoms with E-state index in [9.17, 15) is 8.42 Å². The summed E-state index contributed by atoms with van der Waals surface area (Å²) in [7, 11) is -2.08. The number of sulfonamides is 1. The van der Waals surface area contributed by atoms with E-state index in [2.05, 4.69) is 31.0 Å². The van der Waals surface area contributed by atoms with Crippen LogP contribution in [0.3, 0.4) is 0 Å². The van der Waals surface area contributed by atoms with Crippen LogP contribution in [0.4, 0.5) is 11.4 Å². The highest BCUT2D eigenvalue weighted by Gasteiger charge is 2.19. The zero-order valence-corrected chi connectivity index (χ0v) is 13.4. The van der Waals surface area contributed by atoms with E-state index in [-0.39, 0.29) is 5.03 Å². The van der Waals surface area contributed by atoms with Crippen LogP contribution in [0.25, 0.3) is 0 Å². The van der Waals surface area contributed by atoms with Crippen molar-refractivity contribution < 1.29 is 8.42 Å². The standard InChI is InChI=1S/C13H14BrN3O2S/c1-9-5-6-10(8-11(9)14)17-20(18,19)13-12(15-2)4-3-7-16-13/h3-8,15,17H,1-2H3. The lowest BCUT2D eigenvalue weighted by molar-refractivity contribution is 0.598. The van der Waals surface area contributed by atoms with E-state index in [1.54, 1.807) is 31.3 Å². The highest BCUT2D eigenvalue weighted by molar-refractivity contribution is 9.10. The van der Waals surface area contributed by atoms with Crippen LogP contribution in [-0.2, 0) is 10.0 Å². The molecule has 0 saturated heterocycles. The Morgan fingerprint density at radius 2 is 2.00 bits per heavy atom. The van der Waals surface area contributed by atoms with Gasteiger partial charge in [-0.05, 0) is 36.8 Å². The van der Waals surface area contributed by atoms with E-state index in [0.717, 1.165) is 10.0 Å². The van der Waals surface area contributed by atoms with Crippen LogP contribution in [0.2, 0.25) is 0 Å². The SMILES string of the molecule is CNc1cccnc1S(=O)(=O)Nc1ccc(C)c(Br)c1. The first-order valence-electron chi connectivity index (χ1n) is 5.86. The van der Waals surface area contributed by atoms with Gasteiger partial charge in [0.2, 0.25) is 0 Å². The molecule has 0 spiro atoms. The average molecular weight is 356 g/mol. The normalized spacial score (nSPS) is 11.2. The van der Waals surface area contributed by atoms with Gasteiger partial charge in [0.1, 0.15) is 0 Å². The number of hydrogen-bond donors (Lipinski definition) is 2. The Labute approximate surface area is 126 Å². The molecule has 0 aliphatic heterocycles. The van der Waals surface area contributed by atoms with Crippen LogP contribution in [0, 0.1) is 6.92 Å². The molecular weight excluding hydrogens is 342 g/mol. The van der Waals surface area contributed by atoms with Gasteiger partial charge in [-0.15, -0.1) is 0 Å². The number of aromatic nitrogens is 1. The van der Waals surface area contributed by atoms with Gasteiger partial charge in [0, 0.05) is 17.7 Å². The molecule has 1 aromatic heterocycles. The lowest BCUT2D eigenvalue weighted by Crippen LogP contribution is -2.16. The molecule has 0 aliphatic rings. The molecule has 7 heteroatoms. The second kappa shape index (κ2) is 5.80. The largest absolute Gasteiger partial charge is 0.386 e. The van der Waals surface area contributed by atoms with Crippen molar-refractivity contribution in [3.63, 3.8) is 0 Å². The molecule has 20 heavy (non-hydrogen) atoms. The maximum atomic E-state index is 12.3. The van der Waals surface area contributed by atoms with Crippen LogP contribution < -0.4 is 10.0 Å². The molecule has 2 rings (SSSR count). The lowest BCUT2D eigenvalue weighted by Gasteiger charge is -2.11. The minimum Gasteiger partial charge on any atom is -0.386 e. The molecule has 0 amide bonds. The first-order chi connectivity index (χ1) is 9.44. The summed E-state index contributed by atoms with van der Waals surface area (Å²) in [6.07, 6.45) is 1.44. The molecule has 2 N–H and O–H groups in total. The van der Waals surface area contributed by atoms with Crippen molar-refractivity contribution in [2.75, 3.05) is 17.1 Å². The predicted molar refractivity (Wildman–Crippen MR) is 83.5 cm³/mol. The number of benzene rings is 1. The Bertz CT molecular complexity index is 732. The smallest absolute Gasteiger partial charge is 0.281 e. The third kappa shape index (κ3) is 3.10. The summed E-state index contributed by atoms with van der Waals surface area (Å²) < 4.78 is 28.1. The molecule has 0 atom stereocenters. The number of halogens is 1. The first kappa shape index (κ1) is 14.8. The van der Waals surface area contributed by atoms with E-state index in [1.165, 1.54) is 6.20 Å². The summed E-state index contributed by atoms with van der Waals surface area (Å²) in [5, 5.41) is 2.79. The van der Waals surface area contributed by atoms with Crippen molar-refractivity contribution in [1.82, 2.24) is 4.98 Å². The number of rotatable bonds is 4. The topological polar surface area (TPSA) is 71.1 Å². The second-order valence-corrected chi connectivity index (χ2v) is 6.63. The molecule has 0 bridgehead atoms. The minimum atomic E-state index is -3.73. The summed E-state index contributed by atoms with van der Waals surface area (Å²) in [5.74, 6) is 0. The first-order valence-corrected chi connectivity index (χ1v) is 8.13. The van der Waals surface area contributed by atoms with Gasteiger partial charge in [0.15, 0.2) is 5.03 Å². The fraction of sp³-hybridized carbons (Fsp3) is 0.154. The summed E-state index contributed by atoms with van der Waals surface area (Å²) in [5.41, 5.74) is 1.96. The zero-order valence-electron chi connectivity index (χ0n) is 11.0. The van der Waals surface area contributed by atoms with Gasteiger partial charge >= 0.3 is 0 Å². The Morgan fingerprint density at radius 1 is 1.25 bits per heavy atom. The van der Waals surface area contributed by atoms with Crippen LogP contribution in [-0.4, -0.2) is 20.4 Å². The highest BCUT2D eigenvalue weighted by atomic mass is 79.9. The predicted octanol–water partition coefficient (Wildman–Crippen LogP) is 3.00. The minimum absolute atomic E-state index is 0.0285. The number of nitrogens with zero attached hydrogens (tertiary/aromatic N) is 1. The summed E-state index contributed by atoms with van der Waals surface area (Å²) in [6.45, 7) is 1.93. The maximum absolute atomic E-state index is 12.3. The van der Waals surface area contributed by atoms with E-state index in [0.29, 0.717) is 11.4 Å². The van der Waals surface area contributed by atoms with Gasteiger partial charge in [-0.25, -0.2) is 4.98 Å². The van der Waals surface area contributed by atoms with Gasteiger partial charge in [-0.1, -0.05) is 22.0 Å². The number of nitrogens with one attached hydrogen (secondary N) is 2. The quantitative estimate of drug-likeness (QED) is 0.884. The second-order valence-electron chi connectivity index (χ2n) is 4.18. The van der Waals surface area contributed by atoms with Crippen molar-refractivity contribution in [2.24, 2.45) is 0 Å². The summed E-state index contributed by atoms with van der Waals surface area (Å²) >= 11 is 3.38. The van der Waals surface area contributed by atoms with E-state index >= 15 is 0 Å². The molecule has 0 aliphatic carbocycles. The van der Waals surface area contributed by atoms with Crippen molar-refractivity contribution >= 4 is 37.3 Å². The molecule has 5 nitrogen and oxygen atoms in total. The van der Waals surface area contributed by atoms with E-state index in [1.807, 2.05) is 13.0 Å². The maximum Gasteiger partial charge on any atom is 0.281 e. The van der Waals surface area contributed by atoms with Crippen molar-refractivity contribution in [1.29, 1.82) is 0 Å². The van der Waals surface area contributed by atoms with Crippen LogP contribution in [0.1, 0.15) is 5.56 Å². The molecular formula is C13H14BrN3O2S. The lowest BCUT2D eigenvalue weighted by atomic mass is 10.2. The van der Waals surface area contributed by atoms with Gasteiger partial charge < -0.3 is 5.32 Å². The summed E-state index contributed by atoms with van der Waals surface area (Å²) in [6, 6.07) is 8.59. The number of anilines is 2. The number of pyridine rings is 1. The third-order valence-corrected chi connectivity index (χ3v) is 4.91. The summed E-state index contributed by atoms with van der Waals surface area (Å²) in [4.78, 5) is 3.93. The van der Waals surface area contributed by atoms with Crippen molar-refractivity contribution in [3.05, 3.63) is 46.6 Å². The molecule has 1 aromatic carbocycles. The van der Waals surface area contributed by atoms with Crippen molar-refractivity contribution in [2.45, 2.75) is 11.9 Å². The fourth-order valence-electron chi connectivity index (χ4n) is 1.66. The van der Waals surface area contributed by atoms with Gasteiger partial charge in [0.25, 0.3) is 10.0 Å². The monoisotopic (exact) mass is 355 g/mol. The van der Waals surface area contributed by atoms with Gasteiger partial charge in [0.05, 0.1) is 11.4 Å². The van der Waals surface area contributed by atoms with E-state index < -0.39 is 10.0 Å². The van der Waals surface area contributed by atoms with Crippen LogP contribution in [0.15, 0.2) is 46.0 Å².